The van der Waals surface area contributed by atoms with Gasteiger partial charge in [0.1, 0.15) is 4.90 Å². The highest BCUT2D eigenvalue weighted by Gasteiger charge is 2.25. The van der Waals surface area contributed by atoms with Crippen LogP contribution in [0.4, 0.5) is 29.0 Å². The van der Waals surface area contributed by atoms with E-state index < -0.39 is 68.2 Å². The number of para-hydroxylation sites is 1. The molecule has 0 saturated carbocycles. The van der Waals surface area contributed by atoms with E-state index in [2.05, 4.69) is 30.0 Å². The van der Waals surface area contributed by atoms with E-state index in [0.29, 0.717) is 4.31 Å². The molecule has 0 aliphatic rings. The molecule has 228 valence electrons. The average molecular weight is 692 g/mol. The Morgan fingerprint density at radius 3 is 2.12 bits per heavy atom. The Kier molecular flexibility index (Phi) is 11.6. The predicted octanol–water partition coefficient (Wildman–Crippen LogP) is 2.24. The monoisotopic (exact) mass is 691 g/mol. The standard InChI is InChI=1S/C21H18ClN7O7S3.O3S/c1-23-15-10-9-14(13-17(15)24-2)37(30,31)11-6-12-38(32,33)29(3)21-27-19(22)26-20(28-21)25-16-7-4-5-8-18(16)39(34,35)36;1-4(2)3/h4-5,7-10,13H,6,11-12H2,3H3,(H,34,35,36)(H,25,26,27,28);. The highest BCUT2D eigenvalue weighted by atomic mass is 35.5. The molecule has 0 amide bonds. The van der Waals surface area contributed by atoms with Crippen molar-refractivity contribution in [2.24, 2.45) is 0 Å². The van der Waals surface area contributed by atoms with Gasteiger partial charge in [-0.1, -0.05) is 24.3 Å². The summed E-state index contributed by atoms with van der Waals surface area (Å²) in [5.74, 6) is -1.97. The summed E-state index contributed by atoms with van der Waals surface area (Å²) in [6.45, 7) is 14.1. The number of hydrogen-bond donors (Lipinski definition) is 2. The van der Waals surface area contributed by atoms with Gasteiger partial charge in [-0.3, -0.25) is 14.2 Å². The Hall–Kier alpha value is -4.25. The number of hydrogen-bond acceptors (Lipinski definition) is 13. The number of aromatic nitrogens is 3. The quantitative estimate of drug-likeness (QED) is 0.229. The molecule has 0 bridgehead atoms. The number of sulfonamides is 1. The first-order chi connectivity index (χ1) is 19.9. The molecule has 0 radical (unpaired) electrons. The third-order valence-electron chi connectivity index (χ3n) is 5.07. The second kappa shape index (κ2) is 14.3. The molecule has 2 aromatic carbocycles. The lowest BCUT2D eigenvalue weighted by Gasteiger charge is -2.18. The van der Waals surface area contributed by atoms with Crippen molar-refractivity contribution in [2.45, 2.75) is 16.2 Å². The molecule has 1 heterocycles. The van der Waals surface area contributed by atoms with E-state index >= 15 is 0 Å². The summed E-state index contributed by atoms with van der Waals surface area (Å²) < 4.78 is 110. The van der Waals surface area contributed by atoms with Crippen LogP contribution in [-0.2, 0) is 40.6 Å². The molecule has 0 aliphatic carbocycles. The number of nitrogens with zero attached hydrogens (tertiary/aromatic N) is 6. The molecule has 0 spiro atoms. The van der Waals surface area contributed by atoms with Crippen molar-refractivity contribution in [3.63, 3.8) is 0 Å². The number of halogens is 1. The molecule has 0 atom stereocenters. The van der Waals surface area contributed by atoms with E-state index in [0.717, 1.165) is 19.2 Å². The first-order valence-corrected chi connectivity index (χ1v) is 17.1. The van der Waals surface area contributed by atoms with E-state index in [1.165, 1.54) is 30.3 Å². The zero-order valence-corrected chi connectivity index (χ0v) is 25.5. The van der Waals surface area contributed by atoms with Crippen LogP contribution in [0.1, 0.15) is 6.42 Å². The highest BCUT2D eigenvalue weighted by molar-refractivity contribution is 7.93. The summed E-state index contributed by atoms with van der Waals surface area (Å²) in [5.41, 5.74) is -0.247. The molecule has 0 unspecified atom stereocenters. The van der Waals surface area contributed by atoms with Crippen molar-refractivity contribution >= 4 is 81.1 Å². The summed E-state index contributed by atoms with van der Waals surface area (Å²) in [4.78, 5) is 17.1. The second-order valence-electron chi connectivity index (χ2n) is 7.86. The maximum Gasteiger partial charge on any atom is 0.425 e. The van der Waals surface area contributed by atoms with Crippen LogP contribution in [0, 0.1) is 13.1 Å². The Morgan fingerprint density at radius 2 is 1.53 bits per heavy atom. The van der Waals surface area contributed by atoms with Crippen LogP contribution >= 0.6 is 11.6 Å². The zero-order valence-electron chi connectivity index (χ0n) is 21.5. The largest absolute Gasteiger partial charge is 0.425 e. The van der Waals surface area contributed by atoms with Gasteiger partial charge in [0.05, 0.1) is 35.2 Å². The van der Waals surface area contributed by atoms with Crippen molar-refractivity contribution < 1.29 is 42.4 Å². The number of benzene rings is 2. The van der Waals surface area contributed by atoms with Gasteiger partial charge in [0.25, 0.3) is 10.1 Å². The van der Waals surface area contributed by atoms with Gasteiger partial charge in [0, 0.05) is 7.05 Å². The number of rotatable bonds is 10. The summed E-state index contributed by atoms with van der Waals surface area (Å²) in [7, 11) is -14.8. The fraction of sp³-hybridized carbons (Fsp3) is 0.190. The molecule has 17 nitrogen and oxygen atoms in total. The van der Waals surface area contributed by atoms with Crippen molar-refractivity contribution in [2.75, 3.05) is 28.2 Å². The minimum absolute atomic E-state index is 0.000466. The molecule has 0 saturated heterocycles. The third-order valence-corrected chi connectivity index (χ3v) is 9.75. The lowest BCUT2D eigenvalue weighted by Crippen LogP contribution is -2.31. The van der Waals surface area contributed by atoms with Crippen LogP contribution in [0.25, 0.3) is 9.69 Å². The van der Waals surface area contributed by atoms with Gasteiger partial charge in [0.15, 0.2) is 21.2 Å². The molecule has 3 aromatic rings. The van der Waals surface area contributed by atoms with E-state index in [1.807, 2.05) is 0 Å². The highest BCUT2D eigenvalue weighted by Crippen LogP contribution is 2.31. The molecule has 2 N–H and O–H groups in total. The first kappa shape index (κ1) is 34.9. The summed E-state index contributed by atoms with van der Waals surface area (Å²) in [5, 5.41) is 2.10. The number of anilines is 3. The minimum atomic E-state index is -4.61. The van der Waals surface area contributed by atoms with E-state index in [4.69, 9.17) is 37.4 Å². The SMILES string of the molecule is O=S(=O)=O.[C-]#[N+]c1ccc(S(=O)(=O)CCCS(=O)(=O)N(C)c2nc(Cl)nc(Nc3ccccc3S(=O)(=O)O)n2)cc1[N+]#[C-]. The normalized spacial score (nSPS) is 11.3. The Morgan fingerprint density at radius 1 is 0.930 bits per heavy atom. The van der Waals surface area contributed by atoms with E-state index in [9.17, 15) is 29.8 Å². The van der Waals surface area contributed by atoms with Crippen molar-refractivity contribution in [1.29, 1.82) is 0 Å². The molecule has 3 rings (SSSR count). The van der Waals surface area contributed by atoms with E-state index in [-0.39, 0.29) is 34.3 Å². The van der Waals surface area contributed by atoms with Gasteiger partial charge in [-0.05, 0) is 36.2 Å². The van der Waals surface area contributed by atoms with Crippen LogP contribution in [0.2, 0.25) is 5.28 Å². The maximum atomic E-state index is 12.9. The molecule has 0 fully saturated rings. The van der Waals surface area contributed by atoms with Crippen molar-refractivity contribution in [3.05, 3.63) is 70.6 Å². The lowest BCUT2D eigenvalue weighted by atomic mass is 10.3. The minimum Gasteiger partial charge on any atom is -0.323 e. The number of nitrogens with one attached hydrogen (secondary N) is 1. The lowest BCUT2D eigenvalue weighted by molar-refractivity contribution is 0.483. The predicted molar refractivity (Wildman–Crippen MR) is 152 cm³/mol. The van der Waals surface area contributed by atoms with E-state index in [1.54, 1.807) is 0 Å². The van der Waals surface area contributed by atoms with Gasteiger partial charge in [-0.2, -0.15) is 23.4 Å². The molecule has 43 heavy (non-hydrogen) atoms. The fourth-order valence-corrected chi connectivity index (χ4v) is 6.57. The van der Waals surface area contributed by atoms with Gasteiger partial charge in [-0.25, -0.2) is 21.1 Å². The van der Waals surface area contributed by atoms with Crippen molar-refractivity contribution in [1.82, 2.24) is 15.0 Å². The van der Waals surface area contributed by atoms with Gasteiger partial charge in [0.2, 0.25) is 27.2 Å². The Balaban J connectivity index is 0.00000151. The van der Waals surface area contributed by atoms with Crippen LogP contribution in [0.15, 0.2) is 52.3 Å². The van der Waals surface area contributed by atoms with Gasteiger partial charge < -0.3 is 5.32 Å². The average Bonchev–Trinajstić information content (AvgIpc) is 2.91. The third kappa shape index (κ3) is 9.92. The summed E-state index contributed by atoms with van der Waals surface area (Å²) in [6.07, 6.45) is -0.321. The zero-order chi connectivity index (χ0) is 32.6. The first-order valence-electron chi connectivity index (χ1n) is 11.0. The smallest absolute Gasteiger partial charge is 0.323 e. The van der Waals surface area contributed by atoms with Crippen LogP contribution in [-0.4, -0.2) is 75.9 Å². The van der Waals surface area contributed by atoms with Gasteiger partial charge in [-0.15, -0.1) is 12.6 Å². The fourth-order valence-electron chi connectivity index (χ4n) is 3.14. The molecule has 0 aliphatic heterocycles. The molecular formula is C21H18ClN7O10S4. The topological polar surface area (TPSA) is 237 Å². The second-order valence-corrected chi connectivity index (χ2v) is 14.2. The van der Waals surface area contributed by atoms with Gasteiger partial charge >= 0.3 is 10.6 Å². The van der Waals surface area contributed by atoms with Crippen LogP contribution in [0.3, 0.4) is 0 Å². The molecular weight excluding hydrogens is 674 g/mol. The maximum absolute atomic E-state index is 12.9. The van der Waals surface area contributed by atoms with Crippen molar-refractivity contribution in [3.8, 4) is 0 Å². The summed E-state index contributed by atoms with van der Waals surface area (Å²) >= 11 is 5.91. The van der Waals surface area contributed by atoms with Crippen LogP contribution < -0.4 is 9.62 Å². The van der Waals surface area contributed by atoms with Crippen LogP contribution in [0.5, 0.6) is 0 Å². The summed E-state index contributed by atoms with van der Waals surface area (Å²) in [6, 6.07) is 8.71. The Labute approximate surface area is 252 Å². The number of sulfone groups is 1. The molecule has 1 aromatic heterocycles. The Bertz CT molecular complexity index is 2060. The molecule has 22 heteroatoms.